The summed E-state index contributed by atoms with van der Waals surface area (Å²) in [5.41, 5.74) is 0. The zero-order valence-corrected chi connectivity index (χ0v) is 10.6. The Bertz CT molecular complexity index is 237. The first-order chi connectivity index (χ1) is 7.50. The third-order valence-corrected chi connectivity index (χ3v) is 2.56. The van der Waals surface area contributed by atoms with Crippen molar-refractivity contribution in [1.82, 2.24) is 0 Å². The summed E-state index contributed by atoms with van der Waals surface area (Å²) in [6.45, 7) is 8.12. The largest absolute Gasteiger partial charge is 0.464 e. The number of unbranched alkanes of at least 4 members (excludes halogenated alkanes) is 1. The molecule has 1 saturated heterocycles. The van der Waals surface area contributed by atoms with Crippen molar-refractivity contribution in [2.75, 3.05) is 6.61 Å². The first kappa shape index (κ1) is 13.5. The molecule has 0 saturated carbocycles. The van der Waals surface area contributed by atoms with Gasteiger partial charge >= 0.3 is 5.97 Å². The van der Waals surface area contributed by atoms with Gasteiger partial charge in [0.15, 0.2) is 11.9 Å². The van der Waals surface area contributed by atoms with E-state index in [-0.39, 0.29) is 12.1 Å². The van der Waals surface area contributed by atoms with Crippen LogP contribution in [0.5, 0.6) is 0 Å². The maximum Gasteiger partial charge on any atom is 0.338 e. The van der Waals surface area contributed by atoms with Gasteiger partial charge in [0.25, 0.3) is 0 Å². The van der Waals surface area contributed by atoms with Gasteiger partial charge in [0.05, 0.1) is 12.7 Å². The van der Waals surface area contributed by atoms with Gasteiger partial charge in [-0.1, -0.05) is 20.3 Å². The topological polar surface area (TPSA) is 44.8 Å². The summed E-state index contributed by atoms with van der Waals surface area (Å²) >= 11 is 0. The molecule has 1 rings (SSSR count). The van der Waals surface area contributed by atoms with Crippen LogP contribution in [0.25, 0.3) is 0 Å². The van der Waals surface area contributed by atoms with Crippen LogP contribution >= 0.6 is 0 Å². The minimum atomic E-state index is -0.685. The summed E-state index contributed by atoms with van der Waals surface area (Å²) in [7, 11) is 0. The van der Waals surface area contributed by atoms with Crippen LogP contribution in [0.15, 0.2) is 0 Å². The van der Waals surface area contributed by atoms with Gasteiger partial charge in [0.1, 0.15) is 0 Å². The molecule has 1 aliphatic rings. The molecule has 1 heterocycles. The normalized spacial score (nSPS) is 28.0. The summed E-state index contributed by atoms with van der Waals surface area (Å²) in [5.74, 6) is -0.986. The second-order valence-electron chi connectivity index (χ2n) is 4.52. The third-order valence-electron chi connectivity index (χ3n) is 2.56. The van der Waals surface area contributed by atoms with Gasteiger partial charge in [-0.3, -0.25) is 0 Å². The molecule has 0 unspecified atom stereocenters. The van der Waals surface area contributed by atoms with E-state index >= 15 is 0 Å². The smallest absolute Gasteiger partial charge is 0.338 e. The Balaban J connectivity index is 2.48. The van der Waals surface area contributed by atoms with Crippen LogP contribution in [0.3, 0.4) is 0 Å². The fraction of sp³-hybridized carbons (Fsp3) is 0.917. The Kier molecular flexibility index (Phi) is 4.74. The van der Waals surface area contributed by atoms with Gasteiger partial charge in [0, 0.05) is 0 Å². The van der Waals surface area contributed by atoms with E-state index in [1.165, 1.54) is 0 Å². The van der Waals surface area contributed by atoms with Crippen LogP contribution in [0, 0.1) is 0 Å². The quantitative estimate of drug-likeness (QED) is 0.537. The molecule has 0 aliphatic carbocycles. The molecular formula is C12H22O4. The van der Waals surface area contributed by atoms with E-state index in [0.29, 0.717) is 6.61 Å². The summed E-state index contributed by atoms with van der Waals surface area (Å²) in [4.78, 5) is 11.8. The van der Waals surface area contributed by atoms with Gasteiger partial charge in [-0.25, -0.2) is 4.79 Å². The Morgan fingerprint density at radius 1 is 1.31 bits per heavy atom. The highest BCUT2D eigenvalue weighted by Gasteiger charge is 2.45. The van der Waals surface area contributed by atoms with E-state index < -0.39 is 11.9 Å². The van der Waals surface area contributed by atoms with Crippen molar-refractivity contribution < 1.29 is 19.0 Å². The highest BCUT2D eigenvalue weighted by Crippen LogP contribution is 2.30. The van der Waals surface area contributed by atoms with Gasteiger partial charge in [-0.05, 0) is 26.7 Å². The van der Waals surface area contributed by atoms with Gasteiger partial charge in [0.2, 0.25) is 0 Å². The lowest BCUT2D eigenvalue weighted by molar-refractivity contribution is -0.170. The molecule has 16 heavy (non-hydrogen) atoms. The van der Waals surface area contributed by atoms with Crippen LogP contribution in [0.2, 0.25) is 0 Å². The Labute approximate surface area is 97.2 Å². The summed E-state index contributed by atoms with van der Waals surface area (Å²) in [5, 5.41) is 0. The van der Waals surface area contributed by atoms with Crippen molar-refractivity contribution in [3.05, 3.63) is 0 Å². The van der Waals surface area contributed by atoms with Crippen LogP contribution in [0.4, 0.5) is 0 Å². The lowest BCUT2D eigenvalue weighted by atomic mass is 10.1. The molecule has 0 aromatic heterocycles. The number of esters is 1. The molecule has 1 fully saturated rings. The number of hydrogen-bond acceptors (Lipinski definition) is 4. The van der Waals surface area contributed by atoms with E-state index in [1.54, 1.807) is 0 Å². The van der Waals surface area contributed by atoms with Crippen molar-refractivity contribution in [1.29, 1.82) is 0 Å². The number of carbonyl (C=O) groups excluding carboxylic acids is 1. The molecule has 94 valence electrons. The van der Waals surface area contributed by atoms with Crippen LogP contribution in [0.1, 0.15) is 47.0 Å². The molecule has 0 bridgehead atoms. The minimum Gasteiger partial charge on any atom is -0.464 e. The molecule has 0 radical (unpaired) electrons. The maximum atomic E-state index is 11.8. The van der Waals surface area contributed by atoms with E-state index in [1.807, 2.05) is 20.8 Å². The molecule has 4 heteroatoms. The average molecular weight is 230 g/mol. The summed E-state index contributed by atoms with van der Waals surface area (Å²) < 4.78 is 16.3. The highest BCUT2D eigenvalue weighted by molar-refractivity contribution is 5.75. The number of ether oxygens (including phenoxy) is 3. The fourth-order valence-corrected chi connectivity index (χ4v) is 1.73. The summed E-state index contributed by atoms with van der Waals surface area (Å²) in [6, 6.07) is 0. The molecule has 0 aromatic carbocycles. The number of rotatable bonds is 5. The first-order valence-electron chi connectivity index (χ1n) is 6.02. The zero-order chi connectivity index (χ0) is 12.2. The highest BCUT2D eigenvalue weighted by atomic mass is 16.8. The maximum absolute atomic E-state index is 11.8. The lowest BCUT2D eigenvalue weighted by Gasteiger charge is -2.16. The van der Waals surface area contributed by atoms with Crippen LogP contribution in [-0.2, 0) is 19.0 Å². The molecule has 2 atom stereocenters. The predicted molar refractivity (Wildman–Crippen MR) is 60.0 cm³/mol. The predicted octanol–water partition coefficient (Wildman–Crippen LogP) is 2.26. The van der Waals surface area contributed by atoms with Gasteiger partial charge < -0.3 is 14.2 Å². The van der Waals surface area contributed by atoms with Gasteiger partial charge in [-0.15, -0.1) is 0 Å². The lowest BCUT2D eigenvalue weighted by Crippen LogP contribution is -2.33. The molecule has 4 nitrogen and oxygen atoms in total. The van der Waals surface area contributed by atoms with Crippen molar-refractivity contribution in [2.45, 2.75) is 65.0 Å². The minimum absolute atomic E-state index is 0.191. The average Bonchev–Trinajstić information content (AvgIpc) is 2.54. The molecule has 1 aliphatic heterocycles. The second-order valence-corrected chi connectivity index (χ2v) is 4.52. The first-order valence-corrected chi connectivity index (χ1v) is 6.02. The number of hydrogen-bond donors (Lipinski definition) is 0. The molecule has 0 aromatic rings. The second kappa shape index (κ2) is 5.64. The van der Waals surface area contributed by atoms with E-state index in [0.717, 1.165) is 19.3 Å². The Hall–Kier alpha value is -0.610. The Morgan fingerprint density at radius 2 is 2.00 bits per heavy atom. The van der Waals surface area contributed by atoms with Crippen molar-refractivity contribution in [2.24, 2.45) is 0 Å². The Morgan fingerprint density at radius 3 is 2.56 bits per heavy atom. The van der Waals surface area contributed by atoms with Crippen molar-refractivity contribution in [3.8, 4) is 0 Å². The zero-order valence-electron chi connectivity index (χ0n) is 10.6. The number of carbonyl (C=O) groups is 1. The molecule has 0 amide bonds. The monoisotopic (exact) mass is 230 g/mol. The van der Waals surface area contributed by atoms with Crippen molar-refractivity contribution >= 4 is 5.97 Å². The molecular weight excluding hydrogens is 208 g/mol. The summed E-state index contributed by atoms with van der Waals surface area (Å²) in [6.07, 6.45) is 1.88. The van der Waals surface area contributed by atoms with Crippen LogP contribution < -0.4 is 0 Å². The fourth-order valence-electron chi connectivity index (χ4n) is 1.73. The van der Waals surface area contributed by atoms with Gasteiger partial charge in [-0.2, -0.15) is 0 Å². The molecule has 0 N–H and O–H groups in total. The van der Waals surface area contributed by atoms with Crippen molar-refractivity contribution in [3.63, 3.8) is 0 Å². The third kappa shape index (κ3) is 3.46. The van der Waals surface area contributed by atoms with E-state index in [9.17, 15) is 4.79 Å². The van der Waals surface area contributed by atoms with Crippen LogP contribution in [-0.4, -0.2) is 30.6 Å². The van der Waals surface area contributed by atoms with E-state index in [4.69, 9.17) is 14.2 Å². The SMILES string of the molecule is CCCCOC(=O)[C@@H]1OC(C)(C)O[C@H]1CC. The molecule has 0 spiro atoms. The van der Waals surface area contributed by atoms with E-state index in [2.05, 4.69) is 6.92 Å². The standard InChI is InChI=1S/C12H22O4/c1-5-7-8-14-11(13)10-9(6-2)15-12(3,4)16-10/h9-10H,5-8H2,1-4H3/t9-,10+/m0/s1.